The molecule has 0 aromatic heterocycles. The zero-order valence-electron chi connectivity index (χ0n) is 12.6. The normalized spacial score (nSPS) is 23.6. The Balaban J connectivity index is 1.46. The highest BCUT2D eigenvalue weighted by Gasteiger charge is 2.24. The first kappa shape index (κ1) is 14.1. The summed E-state index contributed by atoms with van der Waals surface area (Å²) in [6.07, 6.45) is 8.72. The van der Waals surface area contributed by atoms with Crippen molar-refractivity contribution in [2.45, 2.75) is 51.1 Å². The molecule has 2 heteroatoms. The predicted octanol–water partition coefficient (Wildman–Crippen LogP) is 3.53. The van der Waals surface area contributed by atoms with E-state index in [1.165, 1.54) is 70.3 Å². The van der Waals surface area contributed by atoms with Crippen LogP contribution in [0.15, 0.2) is 30.3 Å². The quantitative estimate of drug-likeness (QED) is 0.777. The molecule has 0 N–H and O–H groups in total. The molecule has 1 saturated carbocycles. The Kier molecular flexibility index (Phi) is 5.10. The molecule has 1 saturated heterocycles. The summed E-state index contributed by atoms with van der Waals surface area (Å²) in [5.74, 6) is 0. The van der Waals surface area contributed by atoms with Crippen molar-refractivity contribution in [3.63, 3.8) is 0 Å². The summed E-state index contributed by atoms with van der Waals surface area (Å²) in [6.45, 7) is 6.16. The summed E-state index contributed by atoms with van der Waals surface area (Å²) in [5, 5.41) is 0. The summed E-state index contributed by atoms with van der Waals surface area (Å²) in [4.78, 5) is 5.38. The SMILES string of the molecule is c1ccc(CN2CCN(C3CCCCCC3)CC2)cc1. The van der Waals surface area contributed by atoms with Gasteiger partial charge in [0.2, 0.25) is 0 Å². The zero-order chi connectivity index (χ0) is 13.6. The lowest BCUT2D eigenvalue weighted by Crippen LogP contribution is -2.49. The van der Waals surface area contributed by atoms with Crippen LogP contribution in [0.4, 0.5) is 0 Å². The first-order chi connectivity index (χ1) is 9.92. The highest BCUT2D eigenvalue weighted by Crippen LogP contribution is 2.23. The maximum Gasteiger partial charge on any atom is 0.0234 e. The van der Waals surface area contributed by atoms with Gasteiger partial charge in [-0.05, 0) is 18.4 Å². The lowest BCUT2D eigenvalue weighted by molar-refractivity contribution is 0.0851. The number of hydrogen-bond donors (Lipinski definition) is 0. The van der Waals surface area contributed by atoms with Crippen molar-refractivity contribution in [3.05, 3.63) is 35.9 Å². The van der Waals surface area contributed by atoms with E-state index in [1.54, 1.807) is 0 Å². The van der Waals surface area contributed by atoms with Crippen LogP contribution in [-0.2, 0) is 6.54 Å². The Morgan fingerprint density at radius 3 is 2.10 bits per heavy atom. The average Bonchev–Trinajstić information content (AvgIpc) is 2.78. The summed E-state index contributed by atoms with van der Waals surface area (Å²) in [5.41, 5.74) is 1.45. The zero-order valence-corrected chi connectivity index (χ0v) is 12.6. The van der Waals surface area contributed by atoms with Gasteiger partial charge in [-0.1, -0.05) is 56.0 Å². The fourth-order valence-corrected chi connectivity index (χ4v) is 3.75. The predicted molar refractivity (Wildman–Crippen MR) is 84.8 cm³/mol. The Morgan fingerprint density at radius 2 is 1.45 bits per heavy atom. The van der Waals surface area contributed by atoms with Gasteiger partial charge in [0.25, 0.3) is 0 Å². The van der Waals surface area contributed by atoms with Crippen LogP contribution in [0.1, 0.15) is 44.1 Å². The molecule has 1 aromatic rings. The molecule has 0 atom stereocenters. The van der Waals surface area contributed by atoms with Crippen LogP contribution in [0.2, 0.25) is 0 Å². The Hall–Kier alpha value is -0.860. The molecule has 20 heavy (non-hydrogen) atoms. The van der Waals surface area contributed by atoms with Crippen LogP contribution in [0.3, 0.4) is 0 Å². The summed E-state index contributed by atoms with van der Waals surface area (Å²) in [6, 6.07) is 11.8. The second-order valence-corrected chi connectivity index (χ2v) is 6.44. The third-order valence-electron chi connectivity index (χ3n) is 5.00. The molecule has 0 bridgehead atoms. The minimum atomic E-state index is 0.886. The van der Waals surface area contributed by atoms with Crippen molar-refractivity contribution < 1.29 is 0 Å². The Labute approximate surface area is 123 Å². The minimum Gasteiger partial charge on any atom is -0.298 e. The largest absolute Gasteiger partial charge is 0.298 e. The van der Waals surface area contributed by atoms with Crippen molar-refractivity contribution in [1.82, 2.24) is 9.80 Å². The average molecular weight is 272 g/mol. The lowest BCUT2D eigenvalue weighted by Gasteiger charge is -2.39. The summed E-state index contributed by atoms with van der Waals surface area (Å²) < 4.78 is 0. The second-order valence-electron chi connectivity index (χ2n) is 6.44. The molecule has 3 rings (SSSR count). The van der Waals surface area contributed by atoms with E-state index >= 15 is 0 Å². The molecular formula is C18H28N2. The van der Waals surface area contributed by atoms with Gasteiger partial charge >= 0.3 is 0 Å². The molecule has 2 fully saturated rings. The number of benzene rings is 1. The van der Waals surface area contributed by atoms with Crippen molar-refractivity contribution in [1.29, 1.82) is 0 Å². The smallest absolute Gasteiger partial charge is 0.0234 e. The minimum absolute atomic E-state index is 0.886. The van der Waals surface area contributed by atoms with E-state index in [0.29, 0.717) is 0 Å². The van der Waals surface area contributed by atoms with Crippen LogP contribution in [-0.4, -0.2) is 42.0 Å². The van der Waals surface area contributed by atoms with E-state index in [4.69, 9.17) is 0 Å². The molecule has 2 nitrogen and oxygen atoms in total. The molecule has 1 aromatic carbocycles. The van der Waals surface area contributed by atoms with Crippen molar-refractivity contribution in [2.75, 3.05) is 26.2 Å². The maximum atomic E-state index is 2.77. The van der Waals surface area contributed by atoms with Gasteiger partial charge in [-0.2, -0.15) is 0 Å². The molecule has 0 radical (unpaired) electrons. The standard InChI is InChI=1S/C18H28N2/c1-2-7-11-18(10-6-1)20-14-12-19(13-15-20)16-17-8-4-3-5-9-17/h3-5,8-9,18H,1-2,6-7,10-16H2. The fourth-order valence-electron chi connectivity index (χ4n) is 3.75. The van der Waals surface area contributed by atoms with Gasteiger partial charge in [-0.25, -0.2) is 0 Å². The monoisotopic (exact) mass is 272 g/mol. The van der Waals surface area contributed by atoms with Crippen molar-refractivity contribution >= 4 is 0 Å². The molecule has 1 aliphatic carbocycles. The first-order valence-electron chi connectivity index (χ1n) is 8.42. The Bertz CT molecular complexity index is 374. The lowest BCUT2D eigenvalue weighted by atomic mass is 10.1. The first-order valence-corrected chi connectivity index (χ1v) is 8.42. The second kappa shape index (κ2) is 7.24. The van der Waals surface area contributed by atoms with Gasteiger partial charge < -0.3 is 0 Å². The van der Waals surface area contributed by atoms with E-state index in [2.05, 4.69) is 40.1 Å². The molecule has 1 heterocycles. The summed E-state index contributed by atoms with van der Waals surface area (Å²) in [7, 11) is 0. The van der Waals surface area contributed by atoms with Crippen LogP contribution in [0.25, 0.3) is 0 Å². The van der Waals surface area contributed by atoms with E-state index in [0.717, 1.165) is 12.6 Å². The molecule has 0 amide bonds. The van der Waals surface area contributed by atoms with Crippen LogP contribution >= 0.6 is 0 Å². The number of nitrogens with zero attached hydrogens (tertiary/aromatic N) is 2. The molecule has 2 aliphatic rings. The third kappa shape index (κ3) is 3.83. The van der Waals surface area contributed by atoms with Gasteiger partial charge in [0.05, 0.1) is 0 Å². The van der Waals surface area contributed by atoms with Gasteiger partial charge in [0.1, 0.15) is 0 Å². The van der Waals surface area contributed by atoms with E-state index in [-0.39, 0.29) is 0 Å². The topological polar surface area (TPSA) is 6.48 Å². The van der Waals surface area contributed by atoms with Crippen molar-refractivity contribution in [3.8, 4) is 0 Å². The van der Waals surface area contributed by atoms with Gasteiger partial charge in [-0.3, -0.25) is 9.80 Å². The molecule has 1 aliphatic heterocycles. The number of rotatable bonds is 3. The maximum absolute atomic E-state index is 2.77. The van der Waals surface area contributed by atoms with Gasteiger partial charge in [-0.15, -0.1) is 0 Å². The highest BCUT2D eigenvalue weighted by atomic mass is 15.3. The van der Waals surface area contributed by atoms with Crippen molar-refractivity contribution in [2.24, 2.45) is 0 Å². The molecule has 0 spiro atoms. The van der Waals surface area contributed by atoms with Crippen LogP contribution < -0.4 is 0 Å². The van der Waals surface area contributed by atoms with Gasteiger partial charge in [0, 0.05) is 38.8 Å². The van der Waals surface area contributed by atoms with E-state index in [9.17, 15) is 0 Å². The number of hydrogen-bond acceptors (Lipinski definition) is 2. The molecule has 0 unspecified atom stereocenters. The molecule has 110 valence electrons. The highest BCUT2D eigenvalue weighted by molar-refractivity contribution is 5.14. The van der Waals surface area contributed by atoms with Crippen LogP contribution in [0, 0.1) is 0 Å². The van der Waals surface area contributed by atoms with Crippen LogP contribution in [0.5, 0.6) is 0 Å². The fraction of sp³-hybridized carbons (Fsp3) is 0.667. The van der Waals surface area contributed by atoms with E-state index < -0.39 is 0 Å². The third-order valence-corrected chi connectivity index (χ3v) is 5.00. The number of piperazine rings is 1. The Morgan fingerprint density at radius 1 is 0.800 bits per heavy atom. The van der Waals surface area contributed by atoms with Gasteiger partial charge in [0.15, 0.2) is 0 Å². The summed E-state index contributed by atoms with van der Waals surface area (Å²) >= 11 is 0. The van der Waals surface area contributed by atoms with E-state index in [1.807, 2.05) is 0 Å². The molecular weight excluding hydrogens is 244 g/mol.